The molecule has 0 fully saturated rings. The Balaban J connectivity index is 2.37. The SMILES string of the molecule is CC(=O)c1cc(N)ccc1Oc1nccc(C)n1. The Hall–Kier alpha value is -2.43. The van der Waals surface area contributed by atoms with Gasteiger partial charge in [-0.3, -0.25) is 4.79 Å². The number of carbonyl (C=O) groups is 1. The summed E-state index contributed by atoms with van der Waals surface area (Å²) in [6, 6.07) is 6.85. The molecule has 0 bridgehead atoms. The quantitative estimate of drug-likeness (QED) is 0.661. The summed E-state index contributed by atoms with van der Waals surface area (Å²) in [6.45, 7) is 3.29. The number of nitrogen functional groups attached to an aromatic ring is 1. The molecule has 0 aliphatic carbocycles. The fourth-order valence-corrected chi connectivity index (χ4v) is 1.49. The Morgan fingerprint density at radius 1 is 1.33 bits per heavy atom. The molecule has 0 aliphatic rings. The molecule has 92 valence electrons. The molecule has 0 amide bonds. The average Bonchev–Trinajstić information content (AvgIpc) is 2.31. The fraction of sp³-hybridized carbons (Fsp3) is 0.154. The number of hydrogen-bond donors (Lipinski definition) is 1. The zero-order chi connectivity index (χ0) is 13.1. The number of nitrogens with zero attached hydrogens (tertiary/aromatic N) is 2. The van der Waals surface area contributed by atoms with Gasteiger partial charge in [0.1, 0.15) is 5.75 Å². The standard InChI is InChI=1S/C13H13N3O2/c1-8-5-6-15-13(16-8)18-12-4-3-10(14)7-11(12)9(2)17/h3-7H,14H2,1-2H3. The molecule has 0 saturated heterocycles. The van der Waals surface area contributed by atoms with Crippen LogP contribution in [0.2, 0.25) is 0 Å². The van der Waals surface area contributed by atoms with E-state index in [4.69, 9.17) is 10.5 Å². The Kier molecular flexibility index (Phi) is 3.23. The molecule has 1 heterocycles. The monoisotopic (exact) mass is 243 g/mol. The molecule has 5 heteroatoms. The molecule has 2 rings (SSSR count). The fourth-order valence-electron chi connectivity index (χ4n) is 1.49. The third-order valence-electron chi connectivity index (χ3n) is 2.36. The number of nitrogens with two attached hydrogens (primary N) is 1. The van der Waals surface area contributed by atoms with Gasteiger partial charge in [-0.25, -0.2) is 9.97 Å². The van der Waals surface area contributed by atoms with E-state index in [-0.39, 0.29) is 11.8 Å². The second kappa shape index (κ2) is 4.83. The second-order valence-corrected chi connectivity index (χ2v) is 3.89. The van der Waals surface area contributed by atoms with Crippen LogP contribution in [0.25, 0.3) is 0 Å². The molecule has 0 aliphatic heterocycles. The van der Waals surface area contributed by atoms with Crippen molar-refractivity contribution in [1.82, 2.24) is 9.97 Å². The highest BCUT2D eigenvalue weighted by Gasteiger charge is 2.11. The van der Waals surface area contributed by atoms with Crippen molar-refractivity contribution >= 4 is 11.5 Å². The smallest absolute Gasteiger partial charge is 0.322 e. The summed E-state index contributed by atoms with van der Waals surface area (Å²) >= 11 is 0. The average molecular weight is 243 g/mol. The number of benzene rings is 1. The van der Waals surface area contributed by atoms with Crippen molar-refractivity contribution in [3.05, 3.63) is 41.7 Å². The third-order valence-corrected chi connectivity index (χ3v) is 2.36. The van der Waals surface area contributed by atoms with Crippen LogP contribution in [-0.4, -0.2) is 15.8 Å². The summed E-state index contributed by atoms with van der Waals surface area (Å²) in [5, 5.41) is 0. The minimum absolute atomic E-state index is 0.120. The van der Waals surface area contributed by atoms with Gasteiger partial charge < -0.3 is 10.5 Å². The van der Waals surface area contributed by atoms with Crippen molar-refractivity contribution in [3.63, 3.8) is 0 Å². The van der Waals surface area contributed by atoms with Crippen LogP contribution in [0, 0.1) is 6.92 Å². The molecular weight excluding hydrogens is 230 g/mol. The van der Waals surface area contributed by atoms with E-state index in [9.17, 15) is 4.79 Å². The van der Waals surface area contributed by atoms with Gasteiger partial charge in [0.15, 0.2) is 5.78 Å². The van der Waals surface area contributed by atoms with Crippen molar-refractivity contribution in [2.24, 2.45) is 0 Å². The van der Waals surface area contributed by atoms with Crippen LogP contribution in [0.1, 0.15) is 23.0 Å². The third kappa shape index (κ3) is 2.63. The number of ketones is 1. The highest BCUT2D eigenvalue weighted by molar-refractivity contribution is 5.97. The molecule has 18 heavy (non-hydrogen) atoms. The topological polar surface area (TPSA) is 78.1 Å². The van der Waals surface area contributed by atoms with E-state index in [2.05, 4.69) is 9.97 Å². The highest BCUT2D eigenvalue weighted by atomic mass is 16.5. The van der Waals surface area contributed by atoms with Gasteiger partial charge in [0, 0.05) is 17.6 Å². The van der Waals surface area contributed by atoms with Gasteiger partial charge in [-0.2, -0.15) is 0 Å². The molecular formula is C13H13N3O2. The van der Waals surface area contributed by atoms with E-state index >= 15 is 0 Å². The minimum atomic E-state index is -0.120. The van der Waals surface area contributed by atoms with E-state index in [1.807, 2.05) is 6.92 Å². The van der Waals surface area contributed by atoms with Crippen molar-refractivity contribution < 1.29 is 9.53 Å². The lowest BCUT2D eigenvalue weighted by Crippen LogP contribution is -2.01. The normalized spacial score (nSPS) is 10.1. The largest absolute Gasteiger partial charge is 0.424 e. The first-order valence-corrected chi connectivity index (χ1v) is 5.44. The maximum atomic E-state index is 11.5. The molecule has 0 unspecified atom stereocenters. The number of hydrogen-bond acceptors (Lipinski definition) is 5. The number of aryl methyl sites for hydroxylation is 1. The summed E-state index contributed by atoms with van der Waals surface area (Å²) in [5.74, 6) is 0.284. The Labute approximate surface area is 105 Å². The minimum Gasteiger partial charge on any atom is -0.424 e. The number of rotatable bonds is 3. The van der Waals surface area contributed by atoms with E-state index in [0.29, 0.717) is 17.0 Å². The van der Waals surface area contributed by atoms with Crippen LogP contribution < -0.4 is 10.5 Å². The van der Waals surface area contributed by atoms with Crippen molar-refractivity contribution in [3.8, 4) is 11.8 Å². The second-order valence-electron chi connectivity index (χ2n) is 3.89. The van der Waals surface area contributed by atoms with Crippen molar-refractivity contribution in [2.45, 2.75) is 13.8 Å². The van der Waals surface area contributed by atoms with Gasteiger partial charge in [0.2, 0.25) is 0 Å². The molecule has 0 saturated carbocycles. The number of anilines is 1. The maximum Gasteiger partial charge on any atom is 0.322 e. The van der Waals surface area contributed by atoms with Crippen LogP contribution >= 0.6 is 0 Å². The maximum absolute atomic E-state index is 11.5. The van der Waals surface area contributed by atoms with E-state index in [1.54, 1.807) is 30.5 Å². The first-order valence-electron chi connectivity index (χ1n) is 5.44. The predicted molar refractivity (Wildman–Crippen MR) is 67.7 cm³/mol. The number of aromatic nitrogens is 2. The molecule has 1 aromatic carbocycles. The van der Waals surface area contributed by atoms with Crippen molar-refractivity contribution in [2.75, 3.05) is 5.73 Å². The number of ether oxygens (including phenoxy) is 1. The van der Waals surface area contributed by atoms with Gasteiger partial charge in [0.25, 0.3) is 0 Å². The van der Waals surface area contributed by atoms with Crippen LogP contribution in [0.15, 0.2) is 30.5 Å². The molecule has 0 atom stereocenters. The lowest BCUT2D eigenvalue weighted by molar-refractivity contribution is 0.101. The summed E-state index contributed by atoms with van der Waals surface area (Å²) in [4.78, 5) is 19.6. The Bertz CT molecular complexity index is 597. The van der Waals surface area contributed by atoms with E-state index in [1.165, 1.54) is 6.92 Å². The van der Waals surface area contributed by atoms with Gasteiger partial charge in [-0.15, -0.1) is 0 Å². The Morgan fingerprint density at radius 3 is 2.78 bits per heavy atom. The predicted octanol–water partition coefficient (Wildman–Crippen LogP) is 2.36. The lowest BCUT2D eigenvalue weighted by Gasteiger charge is -2.08. The summed E-state index contributed by atoms with van der Waals surface area (Å²) in [6.07, 6.45) is 1.60. The van der Waals surface area contributed by atoms with Crippen LogP contribution in [0.5, 0.6) is 11.8 Å². The zero-order valence-corrected chi connectivity index (χ0v) is 10.2. The van der Waals surface area contributed by atoms with Crippen LogP contribution in [0.4, 0.5) is 5.69 Å². The lowest BCUT2D eigenvalue weighted by atomic mass is 10.1. The van der Waals surface area contributed by atoms with Crippen molar-refractivity contribution in [1.29, 1.82) is 0 Å². The molecule has 2 N–H and O–H groups in total. The first-order chi connectivity index (χ1) is 8.56. The molecule has 1 aromatic heterocycles. The van der Waals surface area contributed by atoms with E-state index < -0.39 is 0 Å². The molecule has 2 aromatic rings. The number of Topliss-reactive ketones (excluding diaryl/α,β-unsaturated/α-hetero) is 1. The van der Waals surface area contributed by atoms with Crippen LogP contribution in [0.3, 0.4) is 0 Å². The van der Waals surface area contributed by atoms with E-state index in [0.717, 1.165) is 5.69 Å². The highest BCUT2D eigenvalue weighted by Crippen LogP contribution is 2.25. The van der Waals surface area contributed by atoms with Gasteiger partial charge in [-0.05, 0) is 38.1 Å². The summed E-state index contributed by atoms with van der Waals surface area (Å²) in [7, 11) is 0. The first kappa shape index (κ1) is 12.0. The van der Waals surface area contributed by atoms with Gasteiger partial charge >= 0.3 is 6.01 Å². The molecule has 0 spiro atoms. The van der Waals surface area contributed by atoms with Gasteiger partial charge in [-0.1, -0.05) is 0 Å². The van der Waals surface area contributed by atoms with Gasteiger partial charge in [0.05, 0.1) is 5.56 Å². The Morgan fingerprint density at radius 2 is 2.11 bits per heavy atom. The van der Waals surface area contributed by atoms with Crippen LogP contribution in [-0.2, 0) is 0 Å². The summed E-state index contributed by atoms with van der Waals surface area (Å²) < 4.78 is 5.51. The summed E-state index contributed by atoms with van der Waals surface area (Å²) in [5.41, 5.74) is 7.36. The molecule has 0 radical (unpaired) electrons. The zero-order valence-electron chi connectivity index (χ0n) is 10.2. The number of carbonyl (C=O) groups excluding carboxylic acids is 1. The molecule has 5 nitrogen and oxygen atoms in total.